The molecule has 1 aromatic heterocycles. The van der Waals surface area contributed by atoms with Gasteiger partial charge in [0.1, 0.15) is 5.82 Å². The number of furan rings is 1. The van der Waals surface area contributed by atoms with Crippen molar-refractivity contribution in [2.45, 2.75) is 13.0 Å². The quantitative estimate of drug-likeness (QED) is 0.924. The standard InChI is InChI=1S/C13H11ClFNO2/c1-8(9-4-2-3-5-11(9)15)16-13(17)10-6-7-18-12(10)14/h2-8H,1H3,(H,16,17). The van der Waals surface area contributed by atoms with E-state index in [-0.39, 0.29) is 16.6 Å². The molecule has 2 aromatic rings. The summed E-state index contributed by atoms with van der Waals surface area (Å²) in [5.41, 5.74) is 0.658. The molecule has 1 unspecified atom stereocenters. The maximum absolute atomic E-state index is 13.5. The molecule has 0 bridgehead atoms. The van der Waals surface area contributed by atoms with Crippen LogP contribution in [0.25, 0.3) is 0 Å². The van der Waals surface area contributed by atoms with E-state index in [0.29, 0.717) is 5.56 Å². The van der Waals surface area contributed by atoms with Gasteiger partial charge in [0.25, 0.3) is 5.91 Å². The first-order valence-electron chi connectivity index (χ1n) is 5.38. The van der Waals surface area contributed by atoms with Crippen LogP contribution in [-0.4, -0.2) is 5.91 Å². The zero-order chi connectivity index (χ0) is 13.1. The first kappa shape index (κ1) is 12.6. The Hall–Kier alpha value is -1.81. The highest BCUT2D eigenvalue weighted by Crippen LogP contribution is 2.20. The molecule has 18 heavy (non-hydrogen) atoms. The molecule has 1 heterocycles. The zero-order valence-electron chi connectivity index (χ0n) is 9.61. The third-order valence-electron chi connectivity index (χ3n) is 2.58. The van der Waals surface area contributed by atoms with E-state index < -0.39 is 11.9 Å². The van der Waals surface area contributed by atoms with E-state index in [2.05, 4.69) is 5.32 Å². The minimum atomic E-state index is -0.454. The molecule has 1 amide bonds. The molecule has 0 saturated carbocycles. The Morgan fingerprint density at radius 1 is 1.39 bits per heavy atom. The van der Waals surface area contributed by atoms with Crippen molar-refractivity contribution in [3.05, 3.63) is 58.8 Å². The molecule has 2 rings (SSSR count). The van der Waals surface area contributed by atoms with E-state index >= 15 is 0 Å². The van der Waals surface area contributed by atoms with Crippen LogP contribution in [0.3, 0.4) is 0 Å². The molecule has 1 aromatic carbocycles. The Balaban J connectivity index is 2.13. The van der Waals surface area contributed by atoms with Gasteiger partial charge in [-0.05, 0) is 30.7 Å². The fourth-order valence-electron chi connectivity index (χ4n) is 1.63. The summed E-state index contributed by atoms with van der Waals surface area (Å²) in [7, 11) is 0. The Kier molecular flexibility index (Phi) is 3.67. The van der Waals surface area contributed by atoms with Gasteiger partial charge in [-0.15, -0.1) is 0 Å². The van der Waals surface area contributed by atoms with E-state index in [0.717, 1.165) is 0 Å². The highest BCUT2D eigenvalue weighted by Gasteiger charge is 2.17. The minimum Gasteiger partial charge on any atom is -0.452 e. The highest BCUT2D eigenvalue weighted by molar-refractivity contribution is 6.32. The van der Waals surface area contributed by atoms with Crippen LogP contribution in [0, 0.1) is 5.82 Å². The molecular formula is C13H11ClFNO2. The number of hydrogen-bond acceptors (Lipinski definition) is 2. The van der Waals surface area contributed by atoms with Crippen molar-refractivity contribution in [3.8, 4) is 0 Å². The number of rotatable bonds is 3. The van der Waals surface area contributed by atoms with Gasteiger partial charge in [-0.3, -0.25) is 4.79 Å². The van der Waals surface area contributed by atoms with E-state index in [9.17, 15) is 9.18 Å². The lowest BCUT2D eigenvalue weighted by atomic mass is 10.1. The molecular weight excluding hydrogens is 257 g/mol. The van der Waals surface area contributed by atoms with Crippen molar-refractivity contribution in [3.63, 3.8) is 0 Å². The molecule has 0 saturated heterocycles. The van der Waals surface area contributed by atoms with Crippen LogP contribution in [0.15, 0.2) is 41.0 Å². The summed E-state index contributed by atoms with van der Waals surface area (Å²) < 4.78 is 18.3. The summed E-state index contributed by atoms with van der Waals surface area (Å²) >= 11 is 5.69. The monoisotopic (exact) mass is 267 g/mol. The van der Waals surface area contributed by atoms with Crippen LogP contribution in [0.1, 0.15) is 28.9 Å². The fraction of sp³-hybridized carbons (Fsp3) is 0.154. The second kappa shape index (κ2) is 5.23. The summed E-state index contributed by atoms with van der Waals surface area (Å²) in [6.07, 6.45) is 1.32. The second-order valence-corrected chi connectivity index (χ2v) is 4.17. The number of amides is 1. The van der Waals surface area contributed by atoms with Crippen LogP contribution in [0.5, 0.6) is 0 Å². The first-order chi connectivity index (χ1) is 8.59. The number of carbonyl (C=O) groups excluding carboxylic acids is 1. The number of hydrogen-bond donors (Lipinski definition) is 1. The zero-order valence-corrected chi connectivity index (χ0v) is 10.4. The lowest BCUT2D eigenvalue weighted by Gasteiger charge is -2.14. The van der Waals surface area contributed by atoms with E-state index in [1.807, 2.05) is 0 Å². The summed E-state index contributed by atoms with van der Waals surface area (Å²) in [5, 5.41) is 2.68. The number of nitrogens with one attached hydrogen (secondary N) is 1. The third-order valence-corrected chi connectivity index (χ3v) is 2.87. The second-order valence-electron chi connectivity index (χ2n) is 3.82. The molecule has 0 spiro atoms. The smallest absolute Gasteiger partial charge is 0.256 e. The molecule has 3 nitrogen and oxygen atoms in total. The Labute approximate surface area is 109 Å². The van der Waals surface area contributed by atoms with Crippen molar-refractivity contribution in [1.82, 2.24) is 5.32 Å². The van der Waals surface area contributed by atoms with Crippen molar-refractivity contribution in [1.29, 1.82) is 0 Å². The molecule has 1 N–H and O–H groups in total. The first-order valence-corrected chi connectivity index (χ1v) is 5.75. The van der Waals surface area contributed by atoms with Gasteiger partial charge < -0.3 is 9.73 Å². The van der Waals surface area contributed by atoms with Gasteiger partial charge >= 0.3 is 0 Å². The molecule has 1 atom stereocenters. The molecule has 0 fully saturated rings. The van der Waals surface area contributed by atoms with Crippen LogP contribution < -0.4 is 5.32 Å². The molecule has 0 aliphatic carbocycles. The fourth-order valence-corrected chi connectivity index (χ4v) is 1.83. The molecule has 0 aliphatic rings. The topological polar surface area (TPSA) is 42.2 Å². The van der Waals surface area contributed by atoms with Gasteiger partial charge in [-0.1, -0.05) is 18.2 Å². The molecule has 0 radical (unpaired) electrons. The Morgan fingerprint density at radius 3 is 2.72 bits per heavy atom. The van der Waals surface area contributed by atoms with Crippen LogP contribution in [0.2, 0.25) is 5.22 Å². The summed E-state index contributed by atoms with van der Waals surface area (Å²) in [6, 6.07) is 7.29. The SMILES string of the molecule is CC(NC(=O)c1ccoc1Cl)c1ccccc1F. The van der Waals surface area contributed by atoms with Gasteiger partial charge in [-0.2, -0.15) is 0 Å². The van der Waals surface area contributed by atoms with E-state index in [1.165, 1.54) is 18.4 Å². The predicted octanol–water partition coefficient (Wildman–Crippen LogP) is 3.56. The lowest BCUT2D eigenvalue weighted by Crippen LogP contribution is -2.27. The third kappa shape index (κ3) is 2.54. The van der Waals surface area contributed by atoms with E-state index in [1.54, 1.807) is 25.1 Å². The van der Waals surface area contributed by atoms with Gasteiger partial charge in [0.15, 0.2) is 0 Å². The molecule has 0 aliphatic heterocycles. The van der Waals surface area contributed by atoms with Gasteiger partial charge in [0, 0.05) is 5.56 Å². The van der Waals surface area contributed by atoms with Gasteiger partial charge in [0.2, 0.25) is 5.22 Å². The maximum Gasteiger partial charge on any atom is 0.256 e. The number of carbonyl (C=O) groups is 1. The summed E-state index contributed by atoms with van der Waals surface area (Å²) in [6.45, 7) is 1.70. The summed E-state index contributed by atoms with van der Waals surface area (Å²) in [5.74, 6) is -0.756. The van der Waals surface area contributed by atoms with Gasteiger partial charge in [0.05, 0.1) is 17.9 Å². The van der Waals surface area contributed by atoms with Crippen molar-refractivity contribution in [2.24, 2.45) is 0 Å². The maximum atomic E-state index is 13.5. The highest BCUT2D eigenvalue weighted by atomic mass is 35.5. The average Bonchev–Trinajstić information content (AvgIpc) is 2.76. The van der Waals surface area contributed by atoms with Crippen molar-refractivity contribution >= 4 is 17.5 Å². The van der Waals surface area contributed by atoms with Crippen molar-refractivity contribution in [2.75, 3.05) is 0 Å². The van der Waals surface area contributed by atoms with Crippen LogP contribution in [0.4, 0.5) is 4.39 Å². The minimum absolute atomic E-state index is 0.0215. The van der Waals surface area contributed by atoms with E-state index in [4.69, 9.17) is 16.0 Å². The molecule has 94 valence electrons. The largest absolute Gasteiger partial charge is 0.452 e. The normalized spacial score (nSPS) is 12.2. The Morgan fingerprint density at radius 2 is 2.11 bits per heavy atom. The number of benzene rings is 1. The van der Waals surface area contributed by atoms with Gasteiger partial charge in [-0.25, -0.2) is 4.39 Å². The Bertz CT molecular complexity index is 568. The lowest BCUT2D eigenvalue weighted by molar-refractivity contribution is 0.0939. The predicted molar refractivity (Wildman–Crippen MR) is 66.0 cm³/mol. The van der Waals surface area contributed by atoms with Crippen LogP contribution >= 0.6 is 11.6 Å². The number of halogens is 2. The van der Waals surface area contributed by atoms with Crippen molar-refractivity contribution < 1.29 is 13.6 Å². The average molecular weight is 268 g/mol. The summed E-state index contributed by atoms with van der Waals surface area (Å²) in [4.78, 5) is 11.8. The van der Waals surface area contributed by atoms with Crippen LogP contribution in [-0.2, 0) is 0 Å². The molecule has 5 heteroatoms.